The van der Waals surface area contributed by atoms with Crippen molar-refractivity contribution in [1.82, 2.24) is 0 Å². The van der Waals surface area contributed by atoms with Gasteiger partial charge in [-0.2, -0.15) is 0 Å². The highest BCUT2D eigenvalue weighted by Gasteiger charge is 2.14. The molecular weight excluding hydrogens is 172 g/mol. The smallest absolute Gasteiger partial charge is 0.139 e. The number of Topliss-reactive ketones (excluding diaryl/α,β-unsaturated/α-hetero) is 1. The lowest BCUT2D eigenvalue weighted by molar-refractivity contribution is -0.121. The van der Waals surface area contributed by atoms with Crippen LogP contribution >= 0.6 is 0 Å². The molecule has 1 aliphatic rings. The van der Waals surface area contributed by atoms with Crippen molar-refractivity contribution in [1.29, 1.82) is 0 Å². The third-order valence-electron chi connectivity index (χ3n) is 3.06. The number of hydrogen-bond acceptors (Lipinski definition) is 1. The van der Waals surface area contributed by atoms with Crippen molar-refractivity contribution in [2.75, 3.05) is 0 Å². The van der Waals surface area contributed by atoms with Crippen LogP contribution in [0.4, 0.5) is 0 Å². The largest absolute Gasteiger partial charge is 0.299 e. The topological polar surface area (TPSA) is 17.1 Å². The Morgan fingerprint density at radius 1 is 1.50 bits per heavy atom. The average Bonchev–Trinajstić information content (AvgIpc) is 2.19. The first kappa shape index (κ1) is 11.5. The van der Waals surface area contributed by atoms with E-state index < -0.39 is 0 Å². The van der Waals surface area contributed by atoms with E-state index in [1.54, 1.807) is 0 Å². The molecule has 0 spiro atoms. The minimum Gasteiger partial charge on any atom is -0.299 e. The molecule has 14 heavy (non-hydrogen) atoms. The summed E-state index contributed by atoms with van der Waals surface area (Å²) in [7, 11) is 0. The molecule has 1 unspecified atom stereocenters. The van der Waals surface area contributed by atoms with Gasteiger partial charge in [0.05, 0.1) is 0 Å². The molecule has 0 fully saturated rings. The van der Waals surface area contributed by atoms with E-state index in [-0.39, 0.29) is 5.92 Å². The van der Waals surface area contributed by atoms with Crippen LogP contribution in [0, 0.1) is 5.92 Å². The molecule has 1 heteroatoms. The zero-order chi connectivity index (χ0) is 10.4. The van der Waals surface area contributed by atoms with E-state index in [2.05, 4.69) is 19.9 Å². The number of allylic oxidation sites excluding steroid dienone is 2. The SMILES string of the molecule is CCCC(C)C(=O)CC1=CCCCC1. The van der Waals surface area contributed by atoms with Crippen molar-refractivity contribution in [2.45, 2.75) is 58.8 Å². The van der Waals surface area contributed by atoms with Crippen LogP contribution in [0.3, 0.4) is 0 Å². The molecule has 0 aliphatic heterocycles. The summed E-state index contributed by atoms with van der Waals surface area (Å²) in [6.07, 6.45) is 10.1. The second-order valence-electron chi connectivity index (χ2n) is 4.44. The lowest BCUT2D eigenvalue weighted by Crippen LogP contribution is -2.12. The second kappa shape index (κ2) is 6.00. The minimum atomic E-state index is 0.267. The lowest BCUT2D eigenvalue weighted by atomic mass is 9.90. The Morgan fingerprint density at radius 3 is 2.86 bits per heavy atom. The molecule has 0 N–H and O–H groups in total. The van der Waals surface area contributed by atoms with Crippen molar-refractivity contribution in [3.8, 4) is 0 Å². The van der Waals surface area contributed by atoms with E-state index in [4.69, 9.17) is 0 Å². The molecule has 1 atom stereocenters. The highest BCUT2D eigenvalue weighted by molar-refractivity contribution is 5.82. The number of carbonyl (C=O) groups is 1. The molecule has 1 rings (SSSR count). The summed E-state index contributed by atoms with van der Waals surface area (Å²) < 4.78 is 0. The zero-order valence-electron chi connectivity index (χ0n) is 9.51. The molecule has 0 amide bonds. The van der Waals surface area contributed by atoms with Crippen LogP contribution in [0.1, 0.15) is 58.8 Å². The first-order valence-corrected chi connectivity index (χ1v) is 5.94. The predicted octanol–water partition coefficient (Wildman–Crippen LogP) is 3.88. The van der Waals surface area contributed by atoms with Crippen LogP contribution in [0.15, 0.2) is 11.6 Å². The number of rotatable bonds is 5. The minimum absolute atomic E-state index is 0.267. The van der Waals surface area contributed by atoms with Gasteiger partial charge in [-0.15, -0.1) is 0 Å². The molecule has 0 radical (unpaired) electrons. The van der Waals surface area contributed by atoms with Gasteiger partial charge in [0.25, 0.3) is 0 Å². The van der Waals surface area contributed by atoms with Crippen LogP contribution in [0.25, 0.3) is 0 Å². The molecule has 0 aromatic rings. The van der Waals surface area contributed by atoms with Crippen LogP contribution in [0.2, 0.25) is 0 Å². The summed E-state index contributed by atoms with van der Waals surface area (Å²) in [4.78, 5) is 11.8. The maximum Gasteiger partial charge on any atom is 0.139 e. The van der Waals surface area contributed by atoms with Gasteiger partial charge in [-0.3, -0.25) is 4.79 Å². The quantitative estimate of drug-likeness (QED) is 0.607. The van der Waals surface area contributed by atoms with Crippen LogP contribution < -0.4 is 0 Å². The number of ketones is 1. The Morgan fingerprint density at radius 2 is 2.29 bits per heavy atom. The fourth-order valence-corrected chi connectivity index (χ4v) is 2.06. The van der Waals surface area contributed by atoms with E-state index in [0.717, 1.165) is 25.7 Å². The van der Waals surface area contributed by atoms with Gasteiger partial charge in [0.15, 0.2) is 0 Å². The number of carbonyl (C=O) groups excluding carboxylic acids is 1. The number of hydrogen-bond donors (Lipinski definition) is 0. The third-order valence-corrected chi connectivity index (χ3v) is 3.06. The van der Waals surface area contributed by atoms with E-state index in [1.165, 1.54) is 24.8 Å². The summed E-state index contributed by atoms with van der Waals surface area (Å²) in [6.45, 7) is 4.21. The van der Waals surface area contributed by atoms with Gasteiger partial charge in [-0.05, 0) is 32.1 Å². The maximum absolute atomic E-state index is 11.8. The summed E-state index contributed by atoms with van der Waals surface area (Å²) in [6, 6.07) is 0. The van der Waals surface area contributed by atoms with Crippen LogP contribution in [-0.2, 0) is 4.79 Å². The summed E-state index contributed by atoms with van der Waals surface area (Å²) >= 11 is 0. The Labute approximate surface area is 87.6 Å². The molecule has 0 saturated carbocycles. The van der Waals surface area contributed by atoms with Crippen molar-refractivity contribution in [3.05, 3.63) is 11.6 Å². The van der Waals surface area contributed by atoms with Crippen LogP contribution in [0.5, 0.6) is 0 Å². The van der Waals surface area contributed by atoms with Crippen molar-refractivity contribution >= 4 is 5.78 Å². The molecule has 0 saturated heterocycles. The average molecular weight is 194 g/mol. The Balaban J connectivity index is 2.35. The van der Waals surface area contributed by atoms with Crippen molar-refractivity contribution in [2.24, 2.45) is 5.92 Å². The first-order chi connectivity index (χ1) is 6.74. The van der Waals surface area contributed by atoms with Gasteiger partial charge in [-0.1, -0.05) is 31.9 Å². The van der Waals surface area contributed by atoms with E-state index in [9.17, 15) is 4.79 Å². The van der Waals surface area contributed by atoms with Gasteiger partial charge in [0, 0.05) is 12.3 Å². The summed E-state index contributed by atoms with van der Waals surface area (Å²) in [5.41, 5.74) is 1.39. The molecule has 0 bridgehead atoms. The molecule has 1 aliphatic carbocycles. The molecule has 0 heterocycles. The molecule has 0 aromatic carbocycles. The Hall–Kier alpha value is -0.590. The molecule has 1 nitrogen and oxygen atoms in total. The molecule has 80 valence electrons. The van der Waals surface area contributed by atoms with Gasteiger partial charge >= 0.3 is 0 Å². The summed E-state index contributed by atoms with van der Waals surface area (Å²) in [5.74, 6) is 0.711. The van der Waals surface area contributed by atoms with E-state index in [1.807, 2.05) is 0 Å². The second-order valence-corrected chi connectivity index (χ2v) is 4.44. The van der Waals surface area contributed by atoms with Gasteiger partial charge in [0.2, 0.25) is 0 Å². The highest BCUT2D eigenvalue weighted by atomic mass is 16.1. The maximum atomic E-state index is 11.8. The van der Waals surface area contributed by atoms with E-state index in [0.29, 0.717) is 5.78 Å². The molecular formula is C13H22O. The van der Waals surface area contributed by atoms with Gasteiger partial charge in [-0.25, -0.2) is 0 Å². The van der Waals surface area contributed by atoms with E-state index >= 15 is 0 Å². The van der Waals surface area contributed by atoms with Crippen LogP contribution in [-0.4, -0.2) is 5.78 Å². The predicted molar refractivity (Wildman–Crippen MR) is 60.2 cm³/mol. The Kier molecular flexibility index (Phi) is 4.92. The summed E-state index contributed by atoms with van der Waals surface area (Å²) in [5, 5.41) is 0. The van der Waals surface area contributed by atoms with Crippen molar-refractivity contribution in [3.63, 3.8) is 0 Å². The van der Waals surface area contributed by atoms with Gasteiger partial charge < -0.3 is 0 Å². The fourth-order valence-electron chi connectivity index (χ4n) is 2.06. The third kappa shape index (κ3) is 3.65. The standard InChI is InChI=1S/C13H22O/c1-3-7-11(2)13(14)10-12-8-5-4-6-9-12/h8,11H,3-7,9-10H2,1-2H3. The first-order valence-electron chi connectivity index (χ1n) is 5.94. The normalized spacial score (nSPS) is 18.9. The monoisotopic (exact) mass is 194 g/mol. The fraction of sp³-hybridized carbons (Fsp3) is 0.769. The van der Waals surface area contributed by atoms with Gasteiger partial charge in [0.1, 0.15) is 5.78 Å². The van der Waals surface area contributed by atoms with Crippen molar-refractivity contribution < 1.29 is 4.79 Å². The zero-order valence-corrected chi connectivity index (χ0v) is 9.51. The highest BCUT2D eigenvalue weighted by Crippen LogP contribution is 2.22. The molecule has 0 aromatic heterocycles. The lowest BCUT2D eigenvalue weighted by Gasteiger charge is -2.14. The Bertz CT molecular complexity index is 215.